The summed E-state index contributed by atoms with van der Waals surface area (Å²) in [6.45, 7) is 7.01. The molecule has 0 unspecified atom stereocenters. The number of carbonyl (C=O) groups is 3. The molecule has 0 radical (unpaired) electrons. The van der Waals surface area contributed by atoms with Crippen LogP contribution in [-0.4, -0.2) is 83.4 Å². The molecule has 3 amide bonds. The number of aromatic nitrogens is 2. The van der Waals surface area contributed by atoms with Gasteiger partial charge in [-0.05, 0) is 50.8 Å². The highest BCUT2D eigenvalue weighted by Gasteiger charge is 2.52. The van der Waals surface area contributed by atoms with Crippen molar-refractivity contribution in [3.05, 3.63) is 69.4 Å². The molecule has 10 nitrogen and oxygen atoms in total. The van der Waals surface area contributed by atoms with E-state index in [0.29, 0.717) is 94.4 Å². The largest absolute Gasteiger partial charge is 0.490 e. The topological polar surface area (TPSA) is 114 Å². The number of likely N-dealkylation sites (tertiary alicyclic amines) is 1. The highest BCUT2D eigenvalue weighted by molar-refractivity contribution is 7.13. The second kappa shape index (κ2) is 12.9. The van der Waals surface area contributed by atoms with Crippen LogP contribution in [0, 0.1) is 19.3 Å². The average molecular weight is 618 g/mol. The lowest BCUT2D eigenvalue weighted by molar-refractivity contribution is -0.130. The molecule has 6 heterocycles. The van der Waals surface area contributed by atoms with E-state index in [2.05, 4.69) is 21.4 Å². The second-order valence-corrected chi connectivity index (χ2v) is 13.2. The van der Waals surface area contributed by atoms with E-state index in [0.717, 1.165) is 21.8 Å². The summed E-state index contributed by atoms with van der Waals surface area (Å²) in [5, 5.41) is 4.02. The Labute approximate surface area is 261 Å². The number of rotatable bonds is 4. The molecule has 2 atom stereocenters. The molecule has 2 aromatic heterocycles. The van der Waals surface area contributed by atoms with Crippen molar-refractivity contribution < 1.29 is 23.9 Å². The molecule has 232 valence electrons. The van der Waals surface area contributed by atoms with E-state index >= 15 is 0 Å². The Hall–Kier alpha value is -3.99. The van der Waals surface area contributed by atoms with Crippen molar-refractivity contribution in [2.75, 3.05) is 45.9 Å². The molecule has 4 aliphatic rings. The maximum absolute atomic E-state index is 13.4. The molecule has 7 rings (SSSR count). The van der Waals surface area contributed by atoms with E-state index in [-0.39, 0.29) is 23.6 Å². The van der Waals surface area contributed by atoms with Crippen LogP contribution in [0.5, 0.6) is 11.5 Å². The number of benzene rings is 1. The number of nitrogens with one attached hydrogen (secondary N) is 1. The fourth-order valence-corrected chi connectivity index (χ4v) is 7.52. The van der Waals surface area contributed by atoms with Crippen molar-refractivity contribution in [2.45, 2.75) is 51.9 Å². The number of amides is 3. The van der Waals surface area contributed by atoms with E-state index in [4.69, 9.17) is 9.47 Å². The molecule has 11 heteroatoms. The van der Waals surface area contributed by atoms with Gasteiger partial charge in [0.25, 0.3) is 5.91 Å². The number of thiazole rings is 1. The van der Waals surface area contributed by atoms with Crippen molar-refractivity contribution in [3.63, 3.8) is 0 Å². The van der Waals surface area contributed by atoms with Crippen LogP contribution in [0.1, 0.15) is 63.1 Å². The Morgan fingerprint density at radius 3 is 2.77 bits per heavy atom. The van der Waals surface area contributed by atoms with Gasteiger partial charge in [0.15, 0.2) is 11.5 Å². The summed E-state index contributed by atoms with van der Waals surface area (Å²) in [6, 6.07) is 9.80. The maximum Gasteiger partial charge on any atom is 0.265 e. The minimum atomic E-state index is -0.453. The number of fused-ring (bicyclic) bond motifs is 11. The van der Waals surface area contributed by atoms with Gasteiger partial charge in [-0.3, -0.25) is 19.4 Å². The monoisotopic (exact) mass is 617 g/mol. The van der Waals surface area contributed by atoms with E-state index in [1.165, 1.54) is 11.3 Å². The molecule has 44 heavy (non-hydrogen) atoms. The number of hydrogen-bond acceptors (Lipinski definition) is 8. The normalized spacial score (nSPS) is 22.1. The standard InChI is InChI=1S/C33H39N5O5S/c1-22-31(44-23(2)36-22)32(41)37-14-5-10-28(39)35-19-33-20-38(29(40)12-11-24-7-4-13-34-17-24)18-26(33)25-8-3-9-27(30(25)43-21-33)42-16-6-15-37/h3-4,7-9,13,17,26H,5-6,10-12,14-16,18-21H2,1-2H3,(H,35,39)/t26-,33+/m0/s1. The zero-order valence-electron chi connectivity index (χ0n) is 25.3. The quantitative estimate of drug-likeness (QED) is 0.472. The molecule has 0 saturated carbocycles. The zero-order chi connectivity index (χ0) is 30.7. The third-order valence-corrected chi connectivity index (χ3v) is 9.98. The molecule has 4 bridgehead atoms. The number of hydrogen-bond donors (Lipinski definition) is 1. The van der Waals surface area contributed by atoms with Gasteiger partial charge in [-0.15, -0.1) is 11.3 Å². The minimum Gasteiger partial charge on any atom is -0.490 e. The van der Waals surface area contributed by atoms with Crippen LogP contribution in [-0.2, 0) is 16.0 Å². The van der Waals surface area contributed by atoms with Crippen molar-refractivity contribution in [1.82, 2.24) is 25.1 Å². The fourth-order valence-electron chi connectivity index (χ4n) is 6.63. The summed E-state index contributed by atoms with van der Waals surface area (Å²) in [6.07, 6.45) is 6.03. The highest BCUT2D eigenvalue weighted by atomic mass is 32.1. The second-order valence-electron chi connectivity index (χ2n) is 12.0. The third-order valence-electron chi connectivity index (χ3n) is 8.92. The first-order chi connectivity index (χ1) is 21.3. The summed E-state index contributed by atoms with van der Waals surface area (Å²) in [5.74, 6) is 1.35. The maximum atomic E-state index is 13.4. The number of para-hydroxylation sites is 1. The van der Waals surface area contributed by atoms with Crippen molar-refractivity contribution in [3.8, 4) is 11.5 Å². The molecule has 4 aliphatic heterocycles. The minimum absolute atomic E-state index is 0.00422. The Bertz CT molecular complexity index is 1530. The van der Waals surface area contributed by atoms with Gasteiger partial charge in [0.05, 0.1) is 23.9 Å². The zero-order valence-corrected chi connectivity index (χ0v) is 26.2. The Balaban J connectivity index is 1.21. The summed E-state index contributed by atoms with van der Waals surface area (Å²) in [5.41, 5.74) is 2.32. The van der Waals surface area contributed by atoms with Crippen LogP contribution < -0.4 is 14.8 Å². The van der Waals surface area contributed by atoms with Gasteiger partial charge in [0.1, 0.15) is 4.88 Å². The van der Waals surface area contributed by atoms with Crippen LogP contribution in [0.15, 0.2) is 42.7 Å². The van der Waals surface area contributed by atoms with Crippen LogP contribution in [0.25, 0.3) is 0 Å². The number of nitrogens with zero attached hydrogens (tertiary/aromatic N) is 4. The first-order valence-electron chi connectivity index (χ1n) is 15.4. The molecule has 0 aliphatic carbocycles. The lowest BCUT2D eigenvalue weighted by Crippen LogP contribution is -2.48. The van der Waals surface area contributed by atoms with Crippen LogP contribution >= 0.6 is 11.3 Å². The lowest BCUT2D eigenvalue weighted by Gasteiger charge is -2.40. The summed E-state index contributed by atoms with van der Waals surface area (Å²) in [7, 11) is 0. The summed E-state index contributed by atoms with van der Waals surface area (Å²) >= 11 is 1.41. The Morgan fingerprint density at radius 2 is 1.98 bits per heavy atom. The molecule has 1 saturated heterocycles. The van der Waals surface area contributed by atoms with E-state index in [1.807, 2.05) is 47.9 Å². The van der Waals surface area contributed by atoms with E-state index < -0.39 is 5.41 Å². The molecule has 1 N–H and O–H groups in total. The molecular formula is C33H39N5O5S. The summed E-state index contributed by atoms with van der Waals surface area (Å²) < 4.78 is 12.7. The van der Waals surface area contributed by atoms with Crippen molar-refractivity contribution >= 4 is 29.1 Å². The Kier molecular flexibility index (Phi) is 8.83. The van der Waals surface area contributed by atoms with Gasteiger partial charge in [-0.25, -0.2) is 4.98 Å². The lowest BCUT2D eigenvalue weighted by atomic mass is 9.73. The van der Waals surface area contributed by atoms with Gasteiger partial charge < -0.3 is 24.6 Å². The fraction of sp³-hybridized carbons (Fsp3) is 0.485. The predicted molar refractivity (Wildman–Crippen MR) is 166 cm³/mol. The first-order valence-corrected chi connectivity index (χ1v) is 16.2. The molecule has 3 aromatic rings. The predicted octanol–water partition coefficient (Wildman–Crippen LogP) is 3.91. The number of pyridine rings is 1. The number of carbonyl (C=O) groups excluding carboxylic acids is 3. The van der Waals surface area contributed by atoms with Gasteiger partial charge in [-0.1, -0.05) is 18.2 Å². The number of ether oxygens (including phenoxy) is 2. The van der Waals surface area contributed by atoms with E-state index in [9.17, 15) is 14.4 Å². The smallest absolute Gasteiger partial charge is 0.265 e. The van der Waals surface area contributed by atoms with Crippen LogP contribution in [0.3, 0.4) is 0 Å². The molecule has 1 fully saturated rings. The molecule has 1 spiro atoms. The number of aryl methyl sites for hydroxylation is 3. The van der Waals surface area contributed by atoms with Crippen LogP contribution in [0.4, 0.5) is 0 Å². The first kappa shape index (κ1) is 30.1. The molecule has 1 aromatic carbocycles. The average Bonchev–Trinajstić information content (AvgIpc) is 3.59. The SMILES string of the molecule is Cc1nc(C)c(C(=O)N2CCCOc3cccc4c3OC[C@@]3(CNC(=O)CCC2)CN(C(=O)CCc2cccnc2)C[C@@H]43)s1. The highest BCUT2D eigenvalue weighted by Crippen LogP contribution is 2.52. The van der Waals surface area contributed by atoms with Gasteiger partial charge >= 0.3 is 0 Å². The van der Waals surface area contributed by atoms with Crippen molar-refractivity contribution in [1.29, 1.82) is 0 Å². The molecular weight excluding hydrogens is 578 g/mol. The summed E-state index contributed by atoms with van der Waals surface area (Å²) in [4.78, 5) is 53.0. The third kappa shape index (κ3) is 6.29. The van der Waals surface area contributed by atoms with Gasteiger partial charge in [-0.2, -0.15) is 0 Å². The van der Waals surface area contributed by atoms with Gasteiger partial charge in [0.2, 0.25) is 11.8 Å². The van der Waals surface area contributed by atoms with Gasteiger partial charge in [0, 0.05) is 74.9 Å². The van der Waals surface area contributed by atoms with Crippen LogP contribution in [0.2, 0.25) is 0 Å². The van der Waals surface area contributed by atoms with Crippen molar-refractivity contribution in [2.24, 2.45) is 5.41 Å². The Morgan fingerprint density at radius 1 is 1.11 bits per heavy atom. The van der Waals surface area contributed by atoms with E-state index in [1.54, 1.807) is 12.4 Å².